The SMILES string of the molecule is Cc1ccc(NC(=O)CCc2nnc(-c3cccc(C)c3)o2)cc1. The molecule has 1 amide bonds. The fraction of sp³-hybridized carbons (Fsp3) is 0.211. The van der Waals surface area contributed by atoms with Crippen LogP contribution in [0.15, 0.2) is 52.9 Å². The first-order valence-electron chi connectivity index (χ1n) is 7.86. The van der Waals surface area contributed by atoms with Crippen molar-refractivity contribution in [3.05, 3.63) is 65.5 Å². The molecular weight excluding hydrogens is 302 g/mol. The Morgan fingerprint density at radius 2 is 1.83 bits per heavy atom. The first-order valence-corrected chi connectivity index (χ1v) is 7.86. The summed E-state index contributed by atoms with van der Waals surface area (Å²) in [6.07, 6.45) is 0.708. The predicted molar refractivity (Wildman–Crippen MR) is 92.6 cm³/mol. The normalized spacial score (nSPS) is 10.6. The summed E-state index contributed by atoms with van der Waals surface area (Å²) in [7, 11) is 0. The lowest BCUT2D eigenvalue weighted by molar-refractivity contribution is -0.116. The molecule has 0 radical (unpaired) electrons. The molecule has 5 nitrogen and oxygen atoms in total. The zero-order valence-corrected chi connectivity index (χ0v) is 13.7. The molecule has 5 heteroatoms. The summed E-state index contributed by atoms with van der Waals surface area (Å²) in [5.41, 5.74) is 3.96. The Balaban J connectivity index is 1.57. The summed E-state index contributed by atoms with van der Waals surface area (Å²) in [6, 6.07) is 15.6. The summed E-state index contributed by atoms with van der Waals surface area (Å²) in [6.45, 7) is 4.02. The highest BCUT2D eigenvalue weighted by atomic mass is 16.4. The molecule has 0 aliphatic heterocycles. The lowest BCUT2D eigenvalue weighted by Gasteiger charge is -2.04. The number of aromatic nitrogens is 2. The molecule has 3 rings (SSSR count). The molecule has 0 fully saturated rings. The molecule has 0 saturated carbocycles. The van der Waals surface area contributed by atoms with Gasteiger partial charge >= 0.3 is 0 Å². The molecule has 0 spiro atoms. The fourth-order valence-corrected chi connectivity index (χ4v) is 2.33. The maximum atomic E-state index is 12.0. The second-order valence-corrected chi connectivity index (χ2v) is 5.78. The number of benzene rings is 2. The first kappa shape index (κ1) is 15.9. The van der Waals surface area contributed by atoms with Crippen LogP contribution in [0.5, 0.6) is 0 Å². The van der Waals surface area contributed by atoms with Crippen LogP contribution in [0, 0.1) is 13.8 Å². The number of nitrogens with zero attached hydrogens (tertiary/aromatic N) is 2. The maximum absolute atomic E-state index is 12.0. The summed E-state index contributed by atoms with van der Waals surface area (Å²) >= 11 is 0. The minimum atomic E-state index is -0.0749. The van der Waals surface area contributed by atoms with Gasteiger partial charge in [0, 0.05) is 24.1 Å². The largest absolute Gasteiger partial charge is 0.421 e. The van der Waals surface area contributed by atoms with E-state index in [1.54, 1.807) is 0 Å². The average molecular weight is 321 g/mol. The highest BCUT2D eigenvalue weighted by Crippen LogP contribution is 2.19. The van der Waals surface area contributed by atoms with Crippen molar-refractivity contribution in [3.8, 4) is 11.5 Å². The van der Waals surface area contributed by atoms with Crippen molar-refractivity contribution in [2.24, 2.45) is 0 Å². The van der Waals surface area contributed by atoms with E-state index in [0.29, 0.717) is 24.6 Å². The molecule has 3 aromatic rings. The number of amides is 1. The summed E-state index contributed by atoms with van der Waals surface area (Å²) < 4.78 is 5.64. The monoisotopic (exact) mass is 321 g/mol. The fourth-order valence-electron chi connectivity index (χ4n) is 2.33. The van der Waals surface area contributed by atoms with Crippen LogP contribution in [0.4, 0.5) is 5.69 Å². The molecule has 2 aromatic carbocycles. The predicted octanol–water partition coefficient (Wildman–Crippen LogP) is 3.92. The van der Waals surface area contributed by atoms with E-state index in [1.807, 2.05) is 62.4 Å². The van der Waals surface area contributed by atoms with Crippen LogP contribution in [0.2, 0.25) is 0 Å². The van der Waals surface area contributed by atoms with Crippen LogP contribution in [0.1, 0.15) is 23.4 Å². The average Bonchev–Trinajstić information content (AvgIpc) is 3.04. The Labute approximate surface area is 140 Å². The second kappa shape index (κ2) is 7.08. The molecule has 0 aliphatic rings. The van der Waals surface area contributed by atoms with E-state index in [0.717, 1.165) is 22.4 Å². The third-order valence-corrected chi connectivity index (χ3v) is 3.63. The van der Waals surface area contributed by atoms with Crippen molar-refractivity contribution in [2.75, 3.05) is 5.32 Å². The number of rotatable bonds is 5. The van der Waals surface area contributed by atoms with Gasteiger partial charge in [0.15, 0.2) is 0 Å². The van der Waals surface area contributed by atoms with Gasteiger partial charge < -0.3 is 9.73 Å². The first-order chi connectivity index (χ1) is 11.6. The van der Waals surface area contributed by atoms with Crippen molar-refractivity contribution < 1.29 is 9.21 Å². The molecular formula is C19H19N3O2. The van der Waals surface area contributed by atoms with E-state index in [-0.39, 0.29) is 5.91 Å². The number of carbonyl (C=O) groups excluding carboxylic acids is 1. The Bertz CT molecular complexity index is 838. The van der Waals surface area contributed by atoms with E-state index < -0.39 is 0 Å². The third-order valence-electron chi connectivity index (χ3n) is 3.63. The highest BCUT2D eigenvalue weighted by molar-refractivity contribution is 5.90. The van der Waals surface area contributed by atoms with Gasteiger partial charge in [-0.15, -0.1) is 10.2 Å². The summed E-state index contributed by atoms with van der Waals surface area (Å²) in [4.78, 5) is 12.0. The minimum Gasteiger partial charge on any atom is -0.421 e. The molecule has 0 bridgehead atoms. The van der Waals surface area contributed by atoms with Crippen molar-refractivity contribution in [3.63, 3.8) is 0 Å². The number of hydrogen-bond acceptors (Lipinski definition) is 4. The standard InChI is InChI=1S/C19H19N3O2/c1-13-6-8-16(9-7-13)20-17(23)10-11-18-21-22-19(24-18)15-5-3-4-14(2)12-15/h3-9,12H,10-11H2,1-2H3,(H,20,23). The van der Waals surface area contributed by atoms with Gasteiger partial charge in [0.05, 0.1) is 0 Å². The molecule has 1 aromatic heterocycles. The van der Waals surface area contributed by atoms with Crippen LogP contribution in [-0.2, 0) is 11.2 Å². The van der Waals surface area contributed by atoms with Crippen LogP contribution in [0.25, 0.3) is 11.5 Å². The molecule has 0 unspecified atom stereocenters. The van der Waals surface area contributed by atoms with Gasteiger partial charge in [-0.25, -0.2) is 0 Å². The van der Waals surface area contributed by atoms with Crippen molar-refractivity contribution in [1.82, 2.24) is 10.2 Å². The molecule has 122 valence electrons. The second-order valence-electron chi connectivity index (χ2n) is 5.78. The zero-order chi connectivity index (χ0) is 16.9. The molecule has 1 N–H and O–H groups in total. The van der Waals surface area contributed by atoms with Gasteiger partial charge in [-0.1, -0.05) is 35.4 Å². The topological polar surface area (TPSA) is 68.0 Å². The number of anilines is 1. The zero-order valence-electron chi connectivity index (χ0n) is 13.7. The highest BCUT2D eigenvalue weighted by Gasteiger charge is 2.11. The van der Waals surface area contributed by atoms with Crippen molar-refractivity contribution >= 4 is 11.6 Å². The molecule has 0 aliphatic carbocycles. The van der Waals surface area contributed by atoms with Crippen LogP contribution in [0.3, 0.4) is 0 Å². The van der Waals surface area contributed by atoms with E-state index in [4.69, 9.17) is 4.42 Å². The van der Waals surface area contributed by atoms with Crippen molar-refractivity contribution in [1.29, 1.82) is 0 Å². The summed E-state index contributed by atoms with van der Waals surface area (Å²) in [5.74, 6) is 0.868. The van der Waals surface area contributed by atoms with E-state index >= 15 is 0 Å². The van der Waals surface area contributed by atoms with E-state index in [2.05, 4.69) is 15.5 Å². The quantitative estimate of drug-likeness (QED) is 0.773. The number of carbonyl (C=O) groups is 1. The van der Waals surface area contributed by atoms with E-state index in [9.17, 15) is 4.79 Å². The maximum Gasteiger partial charge on any atom is 0.247 e. The van der Waals surface area contributed by atoms with Crippen molar-refractivity contribution in [2.45, 2.75) is 26.7 Å². The molecule has 1 heterocycles. The number of aryl methyl sites for hydroxylation is 3. The van der Waals surface area contributed by atoms with E-state index in [1.165, 1.54) is 0 Å². The van der Waals surface area contributed by atoms with Gasteiger partial charge in [0.25, 0.3) is 0 Å². The van der Waals surface area contributed by atoms with Gasteiger partial charge in [0.1, 0.15) is 0 Å². The van der Waals surface area contributed by atoms with Gasteiger partial charge in [0.2, 0.25) is 17.7 Å². The lowest BCUT2D eigenvalue weighted by Crippen LogP contribution is -2.12. The van der Waals surface area contributed by atoms with Crippen LogP contribution >= 0.6 is 0 Å². The smallest absolute Gasteiger partial charge is 0.247 e. The van der Waals surface area contributed by atoms with Crippen LogP contribution in [-0.4, -0.2) is 16.1 Å². The number of nitrogens with one attached hydrogen (secondary N) is 1. The minimum absolute atomic E-state index is 0.0749. The van der Waals surface area contributed by atoms with Gasteiger partial charge in [-0.2, -0.15) is 0 Å². The third kappa shape index (κ3) is 4.07. The van der Waals surface area contributed by atoms with Gasteiger partial charge in [-0.05, 0) is 38.1 Å². The Morgan fingerprint density at radius 3 is 2.58 bits per heavy atom. The molecule has 0 atom stereocenters. The lowest BCUT2D eigenvalue weighted by atomic mass is 10.1. The molecule has 24 heavy (non-hydrogen) atoms. The number of hydrogen-bond donors (Lipinski definition) is 1. The van der Waals surface area contributed by atoms with Crippen LogP contribution < -0.4 is 5.32 Å². The summed E-state index contributed by atoms with van der Waals surface area (Å²) in [5, 5.41) is 10.9. The molecule has 0 saturated heterocycles. The Hall–Kier alpha value is -2.95. The Morgan fingerprint density at radius 1 is 1.04 bits per heavy atom. The Kier molecular flexibility index (Phi) is 4.70. The van der Waals surface area contributed by atoms with Gasteiger partial charge in [-0.3, -0.25) is 4.79 Å².